The molecule has 0 amide bonds. The largest absolute Gasteiger partial charge is 0.212 e. The second kappa shape index (κ2) is 6.48. The number of hydrogen-bond donors (Lipinski definition) is 0. The molecule has 0 saturated heterocycles. The third kappa shape index (κ3) is 4.35. The Morgan fingerprint density at radius 2 is 1.62 bits per heavy atom. The first kappa shape index (κ1) is 18.9. The molecule has 1 nitrogen and oxygen atoms in total. The van der Waals surface area contributed by atoms with Gasteiger partial charge in [0.2, 0.25) is 5.69 Å². The van der Waals surface area contributed by atoms with E-state index in [0.29, 0.717) is 5.41 Å². The summed E-state index contributed by atoms with van der Waals surface area (Å²) in [6, 6.07) is 9.23. The van der Waals surface area contributed by atoms with Crippen molar-refractivity contribution in [1.29, 1.82) is 0 Å². The van der Waals surface area contributed by atoms with Gasteiger partial charge >= 0.3 is 0 Å². The summed E-state index contributed by atoms with van der Waals surface area (Å²) in [4.78, 5) is 0. The van der Waals surface area contributed by atoms with Gasteiger partial charge in [-0.3, -0.25) is 0 Å². The van der Waals surface area contributed by atoms with E-state index >= 15 is 0 Å². The van der Waals surface area contributed by atoms with Gasteiger partial charge in [-0.15, -0.1) is 0 Å². The zero-order valence-electron chi connectivity index (χ0n) is 17.0. The summed E-state index contributed by atoms with van der Waals surface area (Å²) in [5.74, 6) is 0. The van der Waals surface area contributed by atoms with Crippen molar-refractivity contribution < 1.29 is 4.57 Å². The first-order chi connectivity index (χ1) is 10.9. The quantitative estimate of drug-likeness (QED) is 0.551. The minimum Gasteiger partial charge on any atom is -0.201 e. The molecular formula is C22H34NSi+. The average Bonchev–Trinajstić information content (AvgIpc) is 2.38. The summed E-state index contributed by atoms with van der Waals surface area (Å²) in [6.45, 7) is 18.7. The predicted molar refractivity (Wildman–Crippen MR) is 109 cm³/mol. The van der Waals surface area contributed by atoms with Gasteiger partial charge in [0.1, 0.15) is 7.05 Å². The molecule has 1 heterocycles. The van der Waals surface area contributed by atoms with Gasteiger partial charge in [-0.25, -0.2) is 4.57 Å². The second-order valence-electron chi connectivity index (χ2n) is 9.51. The van der Waals surface area contributed by atoms with Crippen LogP contribution in [0.25, 0.3) is 11.3 Å². The Morgan fingerprint density at radius 1 is 1.00 bits per heavy atom. The molecule has 0 aliphatic rings. The molecule has 24 heavy (non-hydrogen) atoms. The van der Waals surface area contributed by atoms with Crippen LogP contribution in [0.15, 0.2) is 30.5 Å². The van der Waals surface area contributed by atoms with Crippen LogP contribution in [-0.4, -0.2) is 8.07 Å². The van der Waals surface area contributed by atoms with Crippen LogP contribution in [0, 0.1) is 19.3 Å². The Kier molecular flexibility index (Phi) is 5.10. The highest BCUT2D eigenvalue weighted by atomic mass is 28.3. The Balaban J connectivity index is 2.68. The monoisotopic (exact) mass is 340 g/mol. The molecule has 0 aliphatic carbocycles. The van der Waals surface area contributed by atoms with Gasteiger partial charge < -0.3 is 0 Å². The lowest BCUT2D eigenvalue weighted by Gasteiger charge is -2.25. The fourth-order valence-corrected chi connectivity index (χ4v) is 5.16. The van der Waals surface area contributed by atoms with Crippen molar-refractivity contribution in [2.24, 2.45) is 12.5 Å². The van der Waals surface area contributed by atoms with Crippen molar-refractivity contribution in [3.8, 4) is 11.3 Å². The number of nitrogens with zero attached hydrogens (tertiary/aromatic N) is 1. The van der Waals surface area contributed by atoms with E-state index in [1.54, 1.807) is 5.19 Å². The molecule has 130 valence electrons. The molecular weight excluding hydrogens is 306 g/mol. The lowest BCUT2D eigenvalue weighted by atomic mass is 9.87. The minimum absolute atomic E-state index is 0.300. The van der Waals surface area contributed by atoms with E-state index in [4.69, 9.17) is 0 Å². The predicted octanol–water partition coefficient (Wildman–Crippen LogP) is 4.93. The van der Waals surface area contributed by atoms with Gasteiger partial charge in [0.05, 0.1) is 8.07 Å². The van der Waals surface area contributed by atoms with Gasteiger partial charge in [-0.05, 0) is 42.9 Å². The van der Waals surface area contributed by atoms with E-state index in [0.717, 1.165) is 6.42 Å². The minimum atomic E-state index is -1.38. The molecule has 0 N–H and O–H groups in total. The number of pyridine rings is 1. The van der Waals surface area contributed by atoms with E-state index in [-0.39, 0.29) is 0 Å². The molecule has 0 fully saturated rings. The second-order valence-corrected chi connectivity index (χ2v) is 14.6. The summed E-state index contributed by atoms with van der Waals surface area (Å²) in [6.07, 6.45) is 3.53. The summed E-state index contributed by atoms with van der Waals surface area (Å²) >= 11 is 0. The van der Waals surface area contributed by atoms with E-state index < -0.39 is 8.07 Å². The highest BCUT2D eigenvalue weighted by Gasteiger charge is 2.28. The van der Waals surface area contributed by atoms with E-state index in [2.05, 4.69) is 96.3 Å². The van der Waals surface area contributed by atoms with Crippen LogP contribution in [0.2, 0.25) is 19.6 Å². The molecule has 0 atom stereocenters. The Hall–Kier alpha value is -1.41. The highest BCUT2D eigenvalue weighted by molar-refractivity contribution is 6.88. The number of hydrogen-bond acceptors (Lipinski definition) is 0. The topological polar surface area (TPSA) is 3.88 Å². The van der Waals surface area contributed by atoms with E-state index in [9.17, 15) is 0 Å². The molecule has 0 bridgehead atoms. The molecule has 0 radical (unpaired) electrons. The molecule has 0 aliphatic heterocycles. The van der Waals surface area contributed by atoms with E-state index in [1.165, 1.54) is 27.9 Å². The summed E-state index contributed by atoms with van der Waals surface area (Å²) in [5.41, 5.74) is 7.19. The summed E-state index contributed by atoms with van der Waals surface area (Å²) < 4.78 is 2.33. The Bertz CT molecular complexity index is 746. The number of rotatable bonds is 3. The smallest absolute Gasteiger partial charge is 0.201 e. The van der Waals surface area contributed by atoms with Crippen molar-refractivity contribution in [3.05, 3.63) is 47.2 Å². The van der Waals surface area contributed by atoms with Crippen molar-refractivity contribution in [2.75, 3.05) is 0 Å². The SMILES string of the molecule is Cc1ccc(-c2cc(CC(C)(C)C)c([Si](C)(C)C)c[n+]2C)c(C)c1. The maximum Gasteiger partial charge on any atom is 0.212 e. The number of aromatic nitrogens is 1. The molecule has 0 saturated carbocycles. The molecule has 0 unspecified atom stereocenters. The van der Waals surface area contributed by atoms with Crippen molar-refractivity contribution >= 4 is 13.3 Å². The molecule has 2 heteroatoms. The van der Waals surface area contributed by atoms with Crippen LogP contribution in [0.1, 0.15) is 37.5 Å². The highest BCUT2D eigenvalue weighted by Crippen LogP contribution is 2.26. The van der Waals surface area contributed by atoms with Crippen LogP contribution >= 0.6 is 0 Å². The van der Waals surface area contributed by atoms with Crippen molar-refractivity contribution in [1.82, 2.24) is 0 Å². The van der Waals surface area contributed by atoms with Crippen LogP contribution < -0.4 is 9.75 Å². The summed E-state index contributed by atoms with van der Waals surface area (Å²) in [5, 5.41) is 1.59. The first-order valence-corrected chi connectivity index (χ1v) is 12.5. The maximum atomic E-state index is 2.45. The lowest BCUT2D eigenvalue weighted by molar-refractivity contribution is -0.659. The Labute approximate surface area is 149 Å². The average molecular weight is 341 g/mol. The third-order valence-electron chi connectivity index (χ3n) is 4.55. The van der Waals surface area contributed by atoms with Crippen LogP contribution in [0.4, 0.5) is 0 Å². The first-order valence-electron chi connectivity index (χ1n) is 8.99. The summed E-state index contributed by atoms with van der Waals surface area (Å²) in [7, 11) is 0.817. The number of benzene rings is 1. The zero-order valence-corrected chi connectivity index (χ0v) is 18.0. The number of aryl methyl sites for hydroxylation is 3. The van der Waals surface area contributed by atoms with E-state index in [1.807, 2.05) is 0 Å². The molecule has 0 spiro atoms. The third-order valence-corrected chi connectivity index (χ3v) is 6.61. The Morgan fingerprint density at radius 3 is 2.12 bits per heavy atom. The van der Waals surface area contributed by atoms with Gasteiger partial charge in [0, 0.05) is 16.8 Å². The van der Waals surface area contributed by atoms with Gasteiger partial charge in [0.15, 0.2) is 6.20 Å². The maximum absolute atomic E-state index is 2.45. The molecule has 2 aromatic rings. The van der Waals surface area contributed by atoms with Crippen LogP contribution in [-0.2, 0) is 13.5 Å². The zero-order chi connectivity index (χ0) is 18.3. The molecule has 1 aromatic heterocycles. The van der Waals surface area contributed by atoms with Gasteiger partial charge in [-0.2, -0.15) is 0 Å². The lowest BCUT2D eigenvalue weighted by Crippen LogP contribution is -2.47. The van der Waals surface area contributed by atoms with Gasteiger partial charge in [0.25, 0.3) is 0 Å². The molecule has 1 aromatic carbocycles. The fourth-order valence-electron chi connectivity index (χ4n) is 3.45. The van der Waals surface area contributed by atoms with Crippen LogP contribution in [0.5, 0.6) is 0 Å². The van der Waals surface area contributed by atoms with Crippen LogP contribution in [0.3, 0.4) is 0 Å². The standard InChI is InChI=1S/C22H34NSi/c1-16-10-11-19(17(2)12-16)20-13-18(14-22(3,4)5)21(15-23(20)6)24(7,8)9/h10-13,15H,14H2,1-9H3/q+1. The molecule has 2 rings (SSSR count). The normalized spacial score (nSPS) is 12.5. The van der Waals surface area contributed by atoms with Crippen molar-refractivity contribution in [3.63, 3.8) is 0 Å². The van der Waals surface area contributed by atoms with Crippen molar-refractivity contribution in [2.45, 2.75) is 60.7 Å². The fraction of sp³-hybridized carbons (Fsp3) is 0.500. The van der Waals surface area contributed by atoms with Gasteiger partial charge in [-0.1, -0.05) is 58.1 Å².